The average Bonchev–Trinajstić information content (AvgIpc) is 3.43. The van der Waals surface area contributed by atoms with E-state index in [4.69, 9.17) is 9.47 Å². The van der Waals surface area contributed by atoms with Gasteiger partial charge in [-0.1, -0.05) is 12.1 Å². The van der Waals surface area contributed by atoms with Gasteiger partial charge in [-0.25, -0.2) is 9.59 Å². The number of cyclic esters (lactones) is 2. The molecule has 2 aromatic carbocycles. The molecule has 0 bridgehead atoms. The first-order chi connectivity index (χ1) is 17.4. The van der Waals surface area contributed by atoms with Crippen LogP contribution in [0.5, 0.6) is 0 Å². The summed E-state index contributed by atoms with van der Waals surface area (Å²) in [4.78, 5) is 28.0. The number of piperidine rings is 1. The highest BCUT2D eigenvalue weighted by Gasteiger charge is 2.29. The van der Waals surface area contributed by atoms with E-state index in [1.165, 1.54) is 0 Å². The van der Waals surface area contributed by atoms with E-state index in [1.807, 2.05) is 32.2 Å². The van der Waals surface area contributed by atoms with Crippen LogP contribution < -0.4 is 0 Å². The van der Waals surface area contributed by atoms with E-state index >= 15 is 0 Å². The quantitative estimate of drug-likeness (QED) is 0.541. The number of aliphatic hydroxyl groups is 2. The summed E-state index contributed by atoms with van der Waals surface area (Å²) in [5.74, 6) is -0.0654. The fourth-order valence-electron chi connectivity index (χ4n) is 5.82. The van der Waals surface area contributed by atoms with Gasteiger partial charge in [0, 0.05) is 24.2 Å². The van der Waals surface area contributed by atoms with Crippen molar-refractivity contribution in [2.24, 2.45) is 5.92 Å². The molecule has 2 unspecified atom stereocenters. The second-order valence-electron chi connectivity index (χ2n) is 10.3. The number of fused-ring (bicyclic) bond motifs is 2. The molecule has 36 heavy (non-hydrogen) atoms. The number of carbonyl (C=O) groups excluding carboxylic acids is 2. The fraction of sp³-hybridized carbons (Fsp3) is 0.500. The van der Waals surface area contributed by atoms with Gasteiger partial charge in [-0.3, -0.25) is 4.90 Å². The molecule has 0 aliphatic carbocycles. The van der Waals surface area contributed by atoms with Gasteiger partial charge in [-0.05, 0) is 80.7 Å². The Balaban J connectivity index is 1.14. The zero-order valence-corrected chi connectivity index (χ0v) is 20.9. The lowest BCUT2D eigenvalue weighted by atomic mass is 9.93. The molecule has 3 aliphatic rings. The first-order valence-electron chi connectivity index (χ1n) is 12.7. The van der Waals surface area contributed by atoms with Crippen LogP contribution in [-0.4, -0.2) is 71.8 Å². The van der Waals surface area contributed by atoms with Crippen molar-refractivity contribution in [2.45, 2.75) is 45.1 Å². The van der Waals surface area contributed by atoms with Crippen molar-refractivity contribution in [2.75, 3.05) is 39.8 Å². The number of carbonyl (C=O) groups is 2. The number of benzene rings is 2. The zero-order valence-electron chi connectivity index (χ0n) is 20.9. The van der Waals surface area contributed by atoms with Crippen LogP contribution in [0.3, 0.4) is 0 Å². The second kappa shape index (κ2) is 10.3. The third-order valence-electron chi connectivity index (χ3n) is 8.05. The Labute approximate surface area is 211 Å². The normalized spacial score (nSPS) is 19.7. The van der Waals surface area contributed by atoms with Gasteiger partial charge >= 0.3 is 11.9 Å². The van der Waals surface area contributed by atoms with Crippen LogP contribution in [0.25, 0.3) is 0 Å². The van der Waals surface area contributed by atoms with Gasteiger partial charge in [0.1, 0.15) is 13.2 Å². The summed E-state index contributed by atoms with van der Waals surface area (Å²) in [6.07, 6.45) is 1.43. The Hall–Kier alpha value is -2.78. The smallest absolute Gasteiger partial charge is 0.338 e. The monoisotopic (exact) mass is 494 g/mol. The fourth-order valence-corrected chi connectivity index (χ4v) is 5.82. The number of aliphatic hydroxyl groups excluding tert-OH is 2. The molecular weight excluding hydrogens is 460 g/mol. The summed E-state index contributed by atoms with van der Waals surface area (Å²) in [5, 5.41) is 21.1. The number of nitrogens with zero attached hydrogens (tertiary/aromatic N) is 2. The number of hydrogen-bond donors (Lipinski definition) is 2. The zero-order chi connectivity index (χ0) is 25.4. The van der Waals surface area contributed by atoms with Gasteiger partial charge in [0.2, 0.25) is 0 Å². The molecule has 0 spiro atoms. The molecule has 3 aliphatic heterocycles. The summed E-state index contributed by atoms with van der Waals surface area (Å²) >= 11 is 0. The van der Waals surface area contributed by atoms with Crippen LogP contribution in [-0.2, 0) is 22.7 Å². The summed E-state index contributed by atoms with van der Waals surface area (Å²) < 4.78 is 10.3. The van der Waals surface area contributed by atoms with E-state index in [1.54, 1.807) is 12.1 Å². The van der Waals surface area contributed by atoms with Gasteiger partial charge < -0.3 is 24.6 Å². The Morgan fingerprint density at radius 2 is 1.75 bits per heavy atom. The minimum Gasteiger partial charge on any atom is -0.457 e. The van der Waals surface area contributed by atoms with E-state index in [2.05, 4.69) is 9.80 Å². The minimum atomic E-state index is -0.611. The molecule has 0 amide bonds. The highest BCUT2D eigenvalue weighted by molar-refractivity contribution is 5.94. The Morgan fingerprint density at radius 3 is 2.50 bits per heavy atom. The highest BCUT2D eigenvalue weighted by atomic mass is 16.5. The number of hydrogen-bond acceptors (Lipinski definition) is 8. The van der Waals surface area contributed by atoms with Crippen molar-refractivity contribution in [3.63, 3.8) is 0 Å². The lowest BCUT2D eigenvalue weighted by Gasteiger charge is -2.37. The Bertz CT molecular complexity index is 1160. The van der Waals surface area contributed by atoms with Crippen molar-refractivity contribution in [1.29, 1.82) is 0 Å². The van der Waals surface area contributed by atoms with E-state index < -0.39 is 6.10 Å². The van der Waals surface area contributed by atoms with Crippen LogP contribution >= 0.6 is 0 Å². The van der Waals surface area contributed by atoms with E-state index in [0.717, 1.165) is 60.3 Å². The molecule has 2 N–H and O–H groups in total. The van der Waals surface area contributed by atoms with Crippen LogP contribution in [0, 0.1) is 12.8 Å². The highest BCUT2D eigenvalue weighted by Crippen LogP contribution is 2.31. The third kappa shape index (κ3) is 4.78. The molecule has 0 aromatic heterocycles. The first kappa shape index (κ1) is 24.9. The van der Waals surface area contributed by atoms with Crippen molar-refractivity contribution >= 4 is 11.9 Å². The summed E-state index contributed by atoms with van der Waals surface area (Å²) in [6, 6.07) is 9.17. The largest absolute Gasteiger partial charge is 0.457 e. The average molecular weight is 495 g/mol. The predicted octanol–water partition coefficient (Wildman–Crippen LogP) is 2.75. The van der Waals surface area contributed by atoms with Crippen LogP contribution in [0.1, 0.15) is 73.5 Å². The van der Waals surface area contributed by atoms with E-state index in [0.29, 0.717) is 30.2 Å². The van der Waals surface area contributed by atoms with Crippen molar-refractivity contribution in [3.8, 4) is 0 Å². The molecule has 8 heteroatoms. The molecule has 8 nitrogen and oxygen atoms in total. The predicted molar refractivity (Wildman–Crippen MR) is 132 cm³/mol. The van der Waals surface area contributed by atoms with Crippen LogP contribution in [0.4, 0.5) is 0 Å². The lowest BCUT2D eigenvalue weighted by Crippen LogP contribution is -2.40. The maximum Gasteiger partial charge on any atom is 0.338 e. The summed E-state index contributed by atoms with van der Waals surface area (Å²) in [5.41, 5.74) is 5.80. The molecule has 0 radical (unpaired) electrons. The van der Waals surface area contributed by atoms with Crippen molar-refractivity contribution in [3.05, 3.63) is 69.3 Å². The molecule has 2 aromatic rings. The third-order valence-corrected chi connectivity index (χ3v) is 8.05. The van der Waals surface area contributed by atoms with Crippen molar-refractivity contribution in [1.82, 2.24) is 9.80 Å². The number of rotatable bonds is 8. The maximum atomic E-state index is 11.8. The lowest BCUT2D eigenvalue weighted by molar-refractivity contribution is 0.0526. The molecule has 2 atom stereocenters. The van der Waals surface area contributed by atoms with E-state index in [-0.39, 0.29) is 31.2 Å². The van der Waals surface area contributed by atoms with Crippen LogP contribution in [0.15, 0.2) is 30.3 Å². The first-order valence-corrected chi connectivity index (χ1v) is 12.7. The number of β-amino-alcohol motifs (C(OH)–C–C–N with tert-alkyl or cyclic N) is 1. The minimum absolute atomic E-state index is 0.00585. The van der Waals surface area contributed by atoms with Gasteiger partial charge in [-0.15, -0.1) is 0 Å². The summed E-state index contributed by atoms with van der Waals surface area (Å²) in [7, 11) is 2.04. The Kier molecular flexibility index (Phi) is 7.12. The topological polar surface area (TPSA) is 99.5 Å². The van der Waals surface area contributed by atoms with Gasteiger partial charge in [0.25, 0.3) is 0 Å². The number of esters is 2. The van der Waals surface area contributed by atoms with Crippen molar-refractivity contribution < 1.29 is 29.3 Å². The maximum absolute atomic E-state index is 11.8. The van der Waals surface area contributed by atoms with E-state index in [9.17, 15) is 19.8 Å². The number of ether oxygens (including phenoxy) is 2. The molecule has 3 heterocycles. The molecule has 192 valence electrons. The number of likely N-dealkylation sites (N-methyl/N-ethyl adjacent to an activating group) is 1. The molecule has 5 rings (SSSR count). The SMILES string of the molecule is Cc1c(C(O)CN2CCC(CN(C)C(CO)c3ccc4c(c3)COC4=O)CC2)ccc2c1COC2=O. The van der Waals surface area contributed by atoms with Gasteiger partial charge in [0.05, 0.1) is 29.9 Å². The number of likely N-dealkylation sites (tertiary alicyclic amines) is 1. The molecule has 0 saturated carbocycles. The second-order valence-corrected chi connectivity index (χ2v) is 10.3. The molecular formula is C28H34N2O6. The molecule has 1 fully saturated rings. The van der Waals surface area contributed by atoms with Crippen LogP contribution in [0.2, 0.25) is 0 Å². The molecule has 1 saturated heterocycles. The van der Waals surface area contributed by atoms with Gasteiger partial charge in [0.15, 0.2) is 0 Å². The summed E-state index contributed by atoms with van der Waals surface area (Å²) in [6.45, 7) is 5.78. The van der Waals surface area contributed by atoms with Gasteiger partial charge in [-0.2, -0.15) is 0 Å². The standard InChI is InChI=1S/C28H34N2O6/c1-17-21(5-6-23-24(17)16-36-28(23)34)26(32)13-30-9-7-18(8-10-30)12-29(2)25(14-31)19-3-4-22-20(11-19)15-35-27(22)33/h3-6,11,18,25-26,31-32H,7-10,12-16H2,1-2H3. The Morgan fingerprint density at radius 1 is 1.06 bits per heavy atom.